The smallest absolute Gasteiger partial charge is 0.293 e. The lowest BCUT2D eigenvalue weighted by atomic mass is 9.96. The number of hydrogen-bond donors (Lipinski definition) is 1. The molecule has 1 unspecified atom stereocenters. The van der Waals surface area contributed by atoms with Crippen molar-refractivity contribution in [3.63, 3.8) is 0 Å². The highest BCUT2D eigenvalue weighted by Crippen LogP contribution is 2.20. The second-order valence-electron chi connectivity index (χ2n) is 9.05. The average molecular weight is 444 g/mol. The van der Waals surface area contributed by atoms with E-state index < -0.39 is 11.2 Å². The Morgan fingerprint density at radius 1 is 0.935 bits per heavy atom. The van der Waals surface area contributed by atoms with Gasteiger partial charge in [0.1, 0.15) is 17.8 Å². The Balaban J connectivity index is 4.07. The fourth-order valence-electron chi connectivity index (χ4n) is 3.05. The average Bonchev–Trinajstić information content (AvgIpc) is 2.73. The van der Waals surface area contributed by atoms with Crippen molar-refractivity contribution < 1.29 is 28.6 Å². The summed E-state index contributed by atoms with van der Waals surface area (Å²) in [7, 11) is 0. The Hall–Kier alpha value is -1.47. The van der Waals surface area contributed by atoms with E-state index in [-0.39, 0.29) is 24.8 Å². The van der Waals surface area contributed by atoms with Crippen LogP contribution in [0.1, 0.15) is 92.9 Å². The van der Waals surface area contributed by atoms with E-state index in [1.807, 2.05) is 13.8 Å². The third-order valence-corrected chi connectivity index (χ3v) is 5.53. The number of Topliss-reactive ketones (excluding diaryl/α,β-unsaturated/α-hetero) is 1. The van der Waals surface area contributed by atoms with E-state index >= 15 is 0 Å². The van der Waals surface area contributed by atoms with Crippen LogP contribution < -0.4 is 5.32 Å². The summed E-state index contributed by atoms with van der Waals surface area (Å²) in [5, 5.41) is 2.67. The lowest BCUT2D eigenvalue weighted by Crippen LogP contribution is -2.45. The molecule has 31 heavy (non-hydrogen) atoms. The molecule has 0 aromatic carbocycles. The largest absolute Gasteiger partial charge is 0.466 e. The summed E-state index contributed by atoms with van der Waals surface area (Å²) in [6.07, 6.45) is 7.49. The normalized spacial score (nSPS) is 13.0. The topological polar surface area (TPSA) is 90.9 Å². The van der Waals surface area contributed by atoms with Gasteiger partial charge in [-0.05, 0) is 52.9 Å². The van der Waals surface area contributed by atoms with Crippen LogP contribution in [0.15, 0.2) is 0 Å². The Morgan fingerprint density at radius 3 is 2.26 bits per heavy atom. The minimum Gasteiger partial charge on any atom is -0.466 e. The van der Waals surface area contributed by atoms with Crippen LogP contribution in [0.4, 0.5) is 0 Å². The lowest BCUT2D eigenvalue weighted by Gasteiger charge is -2.27. The van der Waals surface area contributed by atoms with Crippen LogP contribution in [0.5, 0.6) is 0 Å². The summed E-state index contributed by atoms with van der Waals surface area (Å²) < 4.78 is 16.2. The molecule has 0 saturated heterocycles. The zero-order chi connectivity index (χ0) is 23.8. The molecular formula is C24H45NO6. The molecule has 1 N–H and O–H groups in total. The first-order valence-corrected chi connectivity index (χ1v) is 11.7. The van der Waals surface area contributed by atoms with Crippen LogP contribution in [0, 0.1) is 5.92 Å². The maximum atomic E-state index is 12.6. The summed E-state index contributed by atoms with van der Waals surface area (Å²) in [5.41, 5.74) is -1.70. The third kappa shape index (κ3) is 13.5. The molecule has 1 atom stereocenters. The van der Waals surface area contributed by atoms with Crippen LogP contribution in [0.25, 0.3) is 0 Å². The zero-order valence-electron chi connectivity index (χ0n) is 20.6. The molecule has 0 aliphatic heterocycles. The molecule has 0 aliphatic carbocycles. The minimum atomic E-state index is -0.958. The highest BCUT2D eigenvalue weighted by atomic mass is 16.5. The highest BCUT2D eigenvalue weighted by Gasteiger charge is 2.29. The van der Waals surface area contributed by atoms with E-state index in [1.54, 1.807) is 13.8 Å². The predicted molar refractivity (Wildman–Crippen MR) is 122 cm³/mol. The third-order valence-electron chi connectivity index (χ3n) is 5.53. The zero-order valence-corrected chi connectivity index (χ0v) is 20.6. The molecule has 0 radical (unpaired) electrons. The Kier molecular flexibility index (Phi) is 15.4. The molecule has 0 aromatic rings. The van der Waals surface area contributed by atoms with Gasteiger partial charge >= 0.3 is 0 Å². The molecule has 1 amide bonds. The lowest BCUT2D eigenvalue weighted by molar-refractivity contribution is -0.143. The second-order valence-corrected chi connectivity index (χ2v) is 9.05. The highest BCUT2D eigenvalue weighted by molar-refractivity contribution is 5.86. The molecule has 0 heterocycles. The number of unbranched alkanes of at least 4 members (excludes halogenated alkanes) is 3. The van der Waals surface area contributed by atoms with E-state index in [4.69, 9.17) is 9.47 Å². The number of ketones is 1. The van der Waals surface area contributed by atoms with Crippen molar-refractivity contribution >= 4 is 18.2 Å². The van der Waals surface area contributed by atoms with Crippen molar-refractivity contribution in [2.24, 2.45) is 5.92 Å². The summed E-state index contributed by atoms with van der Waals surface area (Å²) in [6, 6.07) is 0. The van der Waals surface area contributed by atoms with E-state index in [2.05, 4.69) is 23.9 Å². The molecule has 0 spiro atoms. The quantitative estimate of drug-likeness (QED) is 0.224. The van der Waals surface area contributed by atoms with Crippen molar-refractivity contribution in [1.82, 2.24) is 5.32 Å². The van der Waals surface area contributed by atoms with Crippen LogP contribution in [0.3, 0.4) is 0 Å². The van der Waals surface area contributed by atoms with Crippen molar-refractivity contribution in [2.45, 2.75) is 104 Å². The fraction of sp³-hybridized carbons (Fsp3) is 0.875. The molecule has 0 aromatic heterocycles. The van der Waals surface area contributed by atoms with Crippen molar-refractivity contribution in [3.8, 4) is 0 Å². The first kappa shape index (κ1) is 29.5. The summed E-state index contributed by atoms with van der Waals surface area (Å²) in [4.78, 5) is 34.8. The van der Waals surface area contributed by atoms with Crippen LogP contribution in [-0.4, -0.2) is 55.7 Å². The van der Waals surface area contributed by atoms with Gasteiger partial charge in [0, 0.05) is 13.0 Å². The van der Waals surface area contributed by atoms with Gasteiger partial charge in [0.2, 0.25) is 0 Å². The van der Waals surface area contributed by atoms with E-state index in [9.17, 15) is 14.4 Å². The Labute approximate surface area is 189 Å². The number of nitrogens with one attached hydrogen (secondary N) is 1. The van der Waals surface area contributed by atoms with Gasteiger partial charge in [-0.25, -0.2) is 0 Å². The van der Waals surface area contributed by atoms with Gasteiger partial charge in [-0.1, -0.05) is 39.5 Å². The van der Waals surface area contributed by atoms with E-state index in [1.165, 1.54) is 12.8 Å². The van der Waals surface area contributed by atoms with Crippen LogP contribution >= 0.6 is 0 Å². The molecule has 0 rings (SSSR count). The van der Waals surface area contributed by atoms with Gasteiger partial charge in [0.25, 0.3) is 12.4 Å². The van der Waals surface area contributed by atoms with Gasteiger partial charge in [-0.2, -0.15) is 0 Å². The molecular weight excluding hydrogens is 398 g/mol. The van der Waals surface area contributed by atoms with Gasteiger partial charge < -0.3 is 19.5 Å². The maximum absolute atomic E-state index is 12.6. The Morgan fingerprint density at radius 2 is 1.65 bits per heavy atom. The van der Waals surface area contributed by atoms with Crippen molar-refractivity contribution in [1.29, 1.82) is 0 Å². The summed E-state index contributed by atoms with van der Waals surface area (Å²) in [6.45, 7) is 13.3. The SMILES string of the molecule is CCCCC(CC)COC(C)(C)C(=O)CCCCCOC(C)(C)C(=O)NCCOC=O. The van der Waals surface area contributed by atoms with Crippen LogP contribution in [-0.2, 0) is 28.6 Å². The van der Waals surface area contributed by atoms with Crippen LogP contribution in [0.2, 0.25) is 0 Å². The molecule has 182 valence electrons. The molecule has 0 bridgehead atoms. The Bertz CT molecular complexity index is 518. The standard InChI is InChI=1S/C24H45NO6/c1-7-9-13-20(8-2)18-31-23(3,4)21(27)14-11-10-12-16-30-24(5,6)22(28)25-15-17-29-19-26/h19-20H,7-18H2,1-6H3,(H,25,28). The fourth-order valence-corrected chi connectivity index (χ4v) is 3.05. The monoisotopic (exact) mass is 443 g/mol. The van der Waals surface area contributed by atoms with E-state index in [0.29, 0.717) is 32.0 Å². The molecule has 0 aliphatic rings. The predicted octanol–water partition coefficient (Wildman–Crippen LogP) is 4.21. The number of rotatable bonds is 20. The number of carbonyl (C=O) groups is 3. The number of ether oxygens (including phenoxy) is 3. The number of amides is 1. The summed E-state index contributed by atoms with van der Waals surface area (Å²) in [5.74, 6) is 0.402. The van der Waals surface area contributed by atoms with Gasteiger partial charge in [0.15, 0.2) is 5.78 Å². The molecule has 7 heteroatoms. The van der Waals surface area contributed by atoms with Crippen molar-refractivity contribution in [2.75, 3.05) is 26.4 Å². The minimum absolute atomic E-state index is 0.135. The second kappa shape index (κ2) is 16.2. The van der Waals surface area contributed by atoms with Gasteiger partial charge in [-0.3, -0.25) is 14.4 Å². The molecule has 0 fully saturated rings. The van der Waals surface area contributed by atoms with E-state index in [0.717, 1.165) is 32.1 Å². The number of hydrogen-bond acceptors (Lipinski definition) is 6. The first-order chi connectivity index (χ1) is 14.6. The van der Waals surface area contributed by atoms with Gasteiger partial charge in [-0.15, -0.1) is 0 Å². The molecule has 0 saturated carbocycles. The molecule has 7 nitrogen and oxygen atoms in total. The maximum Gasteiger partial charge on any atom is 0.293 e. The first-order valence-electron chi connectivity index (χ1n) is 11.7. The number of carbonyl (C=O) groups excluding carboxylic acids is 3. The summed E-state index contributed by atoms with van der Waals surface area (Å²) >= 11 is 0. The van der Waals surface area contributed by atoms with Crippen molar-refractivity contribution in [3.05, 3.63) is 0 Å². The van der Waals surface area contributed by atoms with Gasteiger partial charge in [0.05, 0.1) is 13.2 Å².